The average Bonchev–Trinajstić information content (AvgIpc) is 3.39. The van der Waals surface area contributed by atoms with Gasteiger partial charge in [-0.05, 0) is 72.4 Å². The van der Waals surface area contributed by atoms with Crippen molar-refractivity contribution in [2.75, 3.05) is 5.32 Å². The SMILES string of the molecule is Cc1ccc(-c2ncco2)cc1-c1ccc(NC(=O)/C=C\c2snnc2C)cc1. The molecule has 4 aromatic rings. The lowest BCUT2D eigenvalue weighted by Crippen LogP contribution is -2.07. The molecular formula is C22H18N4O2S. The molecule has 0 aliphatic rings. The van der Waals surface area contributed by atoms with Crippen LogP contribution in [0, 0.1) is 13.8 Å². The van der Waals surface area contributed by atoms with Crippen molar-refractivity contribution in [3.05, 3.63) is 77.1 Å². The van der Waals surface area contributed by atoms with Gasteiger partial charge >= 0.3 is 0 Å². The standard InChI is InChI=1S/C22H18N4O2S/c1-14-3-4-17(22-23-11-12-28-22)13-19(14)16-5-7-18(8-6-16)24-21(27)10-9-20-15(2)25-26-29-20/h3-13H,1-2H3,(H,24,27)/b10-9-. The van der Waals surface area contributed by atoms with Gasteiger partial charge in [0.05, 0.1) is 16.8 Å². The van der Waals surface area contributed by atoms with E-state index >= 15 is 0 Å². The molecule has 2 aromatic heterocycles. The second-order valence-electron chi connectivity index (χ2n) is 6.49. The summed E-state index contributed by atoms with van der Waals surface area (Å²) in [6.45, 7) is 3.92. The molecule has 4 rings (SSSR count). The minimum absolute atomic E-state index is 0.201. The zero-order chi connectivity index (χ0) is 20.2. The van der Waals surface area contributed by atoms with Gasteiger partial charge < -0.3 is 9.73 Å². The first-order chi connectivity index (χ1) is 14.1. The first-order valence-electron chi connectivity index (χ1n) is 8.99. The van der Waals surface area contributed by atoms with Crippen LogP contribution in [0.15, 0.2) is 65.4 Å². The summed E-state index contributed by atoms with van der Waals surface area (Å²) in [5, 5.41) is 6.79. The predicted molar refractivity (Wildman–Crippen MR) is 114 cm³/mol. The molecule has 0 saturated heterocycles. The van der Waals surface area contributed by atoms with Crippen molar-refractivity contribution in [3.63, 3.8) is 0 Å². The highest BCUT2D eigenvalue weighted by molar-refractivity contribution is 7.06. The largest absolute Gasteiger partial charge is 0.445 e. The Hall–Kier alpha value is -3.58. The molecule has 0 unspecified atom stereocenters. The molecule has 144 valence electrons. The third-order valence-corrected chi connectivity index (χ3v) is 5.24. The Labute approximate surface area is 172 Å². The fourth-order valence-corrected chi connectivity index (χ4v) is 3.45. The van der Waals surface area contributed by atoms with Gasteiger partial charge in [0.2, 0.25) is 11.8 Å². The van der Waals surface area contributed by atoms with Gasteiger partial charge in [0.15, 0.2) is 0 Å². The van der Waals surface area contributed by atoms with E-state index in [1.54, 1.807) is 18.5 Å². The fourth-order valence-electron chi connectivity index (χ4n) is 2.89. The van der Waals surface area contributed by atoms with Crippen molar-refractivity contribution < 1.29 is 9.21 Å². The third-order valence-electron chi connectivity index (χ3n) is 4.45. The lowest BCUT2D eigenvalue weighted by Gasteiger charge is -2.09. The van der Waals surface area contributed by atoms with E-state index in [2.05, 4.69) is 32.9 Å². The van der Waals surface area contributed by atoms with Crippen molar-refractivity contribution in [1.82, 2.24) is 14.6 Å². The van der Waals surface area contributed by atoms with E-state index in [1.807, 2.05) is 43.3 Å². The molecule has 6 nitrogen and oxygen atoms in total. The average molecular weight is 402 g/mol. The van der Waals surface area contributed by atoms with E-state index < -0.39 is 0 Å². The van der Waals surface area contributed by atoms with Crippen molar-refractivity contribution in [1.29, 1.82) is 0 Å². The van der Waals surface area contributed by atoms with Crippen LogP contribution in [0.25, 0.3) is 28.7 Å². The highest BCUT2D eigenvalue weighted by Crippen LogP contribution is 2.29. The molecule has 0 radical (unpaired) electrons. The van der Waals surface area contributed by atoms with Crippen molar-refractivity contribution in [2.45, 2.75) is 13.8 Å². The lowest BCUT2D eigenvalue weighted by atomic mass is 9.98. The predicted octanol–water partition coefficient (Wildman–Crippen LogP) is 5.13. The Kier molecular flexibility index (Phi) is 5.31. The zero-order valence-corrected chi connectivity index (χ0v) is 16.7. The monoisotopic (exact) mass is 402 g/mol. The number of rotatable bonds is 5. The summed E-state index contributed by atoms with van der Waals surface area (Å²) in [6.07, 6.45) is 6.41. The Morgan fingerprint density at radius 2 is 1.90 bits per heavy atom. The molecule has 0 spiro atoms. The second kappa shape index (κ2) is 8.20. The fraction of sp³-hybridized carbons (Fsp3) is 0.0909. The van der Waals surface area contributed by atoms with E-state index in [4.69, 9.17) is 4.42 Å². The first kappa shape index (κ1) is 18.8. The van der Waals surface area contributed by atoms with Crippen LogP contribution in [0.2, 0.25) is 0 Å². The maximum Gasteiger partial charge on any atom is 0.248 e. The van der Waals surface area contributed by atoms with Crippen molar-refractivity contribution >= 4 is 29.2 Å². The molecule has 29 heavy (non-hydrogen) atoms. The number of amides is 1. The van der Waals surface area contributed by atoms with Crippen LogP contribution in [0.4, 0.5) is 5.69 Å². The lowest BCUT2D eigenvalue weighted by molar-refractivity contribution is -0.111. The van der Waals surface area contributed by atoms with Crippen LogP contribution in [-0.4, -0.2) is 20.5 Å². The summed E-state index contributed by atoms with van der Waals surface area (Å²) < 4.78 is 9.25. The van der Waals surface area contributed by atoms with Crippen LogP contribution < -0.4 is 5.32 Å². The third kappa shape index (κ3) is 4.30. The first-order valence-corrected chi connectivity index (χ1v) is 9.76. The molecule has 7 heteroatoms. The minimum Gasteiger partial charge on any atom is -0.445 e. The number of anilines is 1. The van der Waals surface area contributed by atoms with Gasteiger partial charge in [-0.25, -0.2) is 4.98 Å². The van der Waals surface area contributed by atoms with E-state index in [1.165, 1.54) is 17.6 Å². The molecule has 0 aliphatic heterocycles. The number of aryl methyl sites for hydroxylation is 2. The van der Waals surface area contributed by atoms with Gasteiger partial charge in [0, 0.05) is 17.3 Å². The van der Waals surface area contributed by atoms with E-state index in [-0.39, 0.29) is 5.91 Å². The topological polar surface area (TPSA) is 80.9 Å². The van der Waals surface area contributed by atoms with Gasteiger partial charge in [-0.3, -0.25) is 4.79 Å². The number of carbonyl (C=O) groups is 1. The highest BCUT2D eigenvalue weighted by Gasteiger charge is 2.08. The molecular weight excluding hydrogens is 384 g/mol. The Balaban J connectivity index is 1.49. The van der Waals surface area contributed by atoms with Crippen LogP contribution in [0.3, 0.4) is 0 Å². The molecule has 0 aliphatic carbocycles. The van der Waals surface area contributed by atoms with E-state index in [0.717, 1.165) is 38.5 Å². The van der Waals surface area contributed by atoms with Crippen molar-refractivity contribution in [2.24, 2.45) is 0 Å². The van der Waals surface area contributed by atoms with Gasteiger partial charge in [-0.15, -0.1) is 5.10 Å². The number of nitrogens with zero attached hydrogens (tertiary/aromatic N) is 3. The highest BCUT2D eigenvalue weighted by atomic mass is 32.1. The number of oxazole rings is 1. The summed E-state index contributed by atoms with van der Waals surface area (Å²) in [5.41, 5.74) is 5.75. The number of carbonyl (C=O) groups excluding carboxylic acids is 1. The van der Waals surface area contributed by atoms with E-state index in [9.17, 15) is 4.79 Å². The smallest absolute Gasteiger partial charge is 0.248 e. The van der Waals surface area contributed by atoms with Gasteiger partial charge in [-0.2, -0.15) is 0 Å². The molecule has 2 heterocycles. The number of hydrogen-bond acceptors (Lipinski definition) is 6. The Morgan fingerprint density at radius 3 is 2.59 bits per heavy atom. The summed E-state index contributed by atoms with van der Waals surface area (Å²) in [7, 11) is 0. The molecule has 0 saturated carbocycles. The van der Waals surface area contributed by atoms with Crippen LogP contribution in [0.5, 0.6) is 0 Å². The van der Waals surface area contributed by atoms with Crippen LogP contribution in [0.1, 0.15) is 16.1 Å². The minimum atomic E-state index is -0.201. The maximum atomic E-state index is 12.2. The Bertz CT molecular complexity index is 1160. The van der Waals surface area contributed by atoms with Gasteiger partial charge in [0.25, 0.3) is 0 Å². The van der Waals surface area contributed by atoms with Gasteiger partial charge in [-0.1, -0.05) is 22.7 Å². The number of nitrogens with one attached hydrogen (secondary N) is 1. The van der Waals surface area contributed by atoms with Gasteiger partial charge in [0.1, 0.15) is 6.26 Å². The summed E-state index contributed by atoms with van der Waals surface area (Å²) in [4.78, 5) is 17.2. The van der Waals surface area contributed by atoms with Crippen LogP contribution in [-0.2, 0) is 4.79 Å². The zero-order valence-electron chi connectivity index (χ0n) is 15.9. The summed E-state index contributed by atoms with van der Waals surface area (Å²) in [5.74, 6) is 0.390. The quantitative estimate of drug-likeness (QED) is 0.468. The molecule has 2 aromatic carbocycles. The number of benzene rings is 2. The molecule has 0 fully saturated rings. The molecule has 1 amide bonds. The molecule has 0 bridgehead atoms. The Morgan fingerprint density at radius 1 is 1.10 bits per heavy atom. The maximum absolute atomic E-state index is 12.2. The summed E-state index contributed by atoms with van der Waals surface area (Å²) in [6, 6.07) is 13.8. The second-order valence-corrected chi connectivity index (χ2v) is 7.28. The van der Waals surface area contributed by atoms with Crippen LogP contribution >= 0.6 is 11.5 Å². The number of aromatic nitrogens is 3. The van der Waals surface area contributed by atoms with E-state index in [0.29, 0.717) is 5.89 Å². The molecule has 1 N–H and O–H groups in total. The van der Waals surface area contributed by atoms with Crippen molar-refractivity contribution in [3.8, 4) is 22.6 Å². The summed E-state index contributed by atoms with van der Waals surface area (Å²) >= 11 is 1.26. The normalized spacial score (nSPS) is 11.1. The molecule has 0 atom stereocenters. The number of hydrogen-bond donors (Lipinski definition) is 1.